The molecule has 23 heavy (non-hydrogen) atoms. The van der Waals surface area contributed by atoms with Crippen LogP contribution in [0.5, 0.6) is 0 Å². The average Bonchev–Trinajstić information content (AvgIpc) is 3.04. The van der Waals surface area contributed by atoms with E-state index in [0.717, 1.165) is 30.2 Å². The monoisotopic (exact) mass is 310 g/mol. The number of anilines is 2. The predicted molar refractivity (Wildman–Crippen MR) is 92.1 cm³/mol. The van der Waals surface area contributed by atoms with Crippen molar-refractivity contribution in [2.75, 3.05) is 23.3 Å². The van der Waals surface area contributed by atoms with Crippen molar-refractivity contribution in [3.63, 3.8) is 0 Å². The van der Waals surface area contributed by atoms with Crippen molar-refractivity contribution in [1.29, 1.82) is 0 Å². The van der Waals surface area contributed by atoms with E-state index in [-0.39, 0.29) is 5.91 Å². The maximum absolute atomic E-state index is 12.6. The largest absolute Gasteiger partial charge is 0.356 e. The minimum Gasteiger partial charge on any atom is -0.356 e. The molecule has 0 unspecified atom stereocenters. The Balaban J connectivity index is 1.84. The molecule has 0 spiro atoms. The molecule has 2 heterocycles. The highest BCUT2D eigenvalue weighted by Crippen LogP contribution is 2.20. The van der Waals surface area contributed by atoms with Crippen LogP contribution in [0.15, 0.2) is 24.3 Å². The highest BCUT2D eigenvalue weighted by atomic mass is 16.1. The first-order valence-electron chi connectivity index (χ1n) is 8.02. The summed E-state index contributed by atoms with van der Waals surface area (Å²) in [7, 11) is 0. The van der Waals surface area contributed by atoms with E-state index in [0.29, 0.717) is 11.5 Å². The number of rotatable bonds is 3. The zero-order valence-corrected chi connectivity index (χ0v) is 13.9. The second-order valence-electron chi connectivity index (χ2n) is 6.13. The summed E-state index contributed by atoms with van der Waals surface area (Å²) in [6, 6.07) is 7.76. The average molecular weight is 310 g/mol. The molecule has 0 radical (unpaired) electrons. The zero-order chi connectivity index (χ0) is 16.4. The number of benzene rings is 1. The van der Waals surface area contributed by atoms with Crippen molar-refractivity contribution in [3.05, 3.63) is 46.9 Å². The molecule has 1 aromatic heterocycles. The quantitative estimate of drug-likeness (QED) is 0.945. The minimum absolute atomic E-state index is 0.192. The van der Waals surface area contributed by atoms with Crippen molar-refractivity contribution in [3.8, 4) is 0 Å². The predicted octanol–water partition coefficient (Wildman–Crippen LogP) is 3.25. The molecule has 1 fully saturated rings. The molecule has 0 saturated carbocycles. The third-order valence-electron chi connectivity index (χ3n) is 4.12. The van der Waals surface area contributed by atoms with E-state index in [4.69, 9.17) is 0 Å². The molecular weight excluding hydrogens is 288 g/mol. The summed E-state index contributed by atoms with van der Waals surface area (Å²) in [4.78, 5) is 23.5. The van der Waals surface area contributed by atoms with Crippen molar-refractivity contribution in [1.82, 2.24) is 9.97 Å². The molecule has 1 aliphatic rings. The Morgan fingerprint density at radius 1 is 1.09 bits per heavy atom. The van der Waals surface area contributed by atoms with Gasteiger partial charge in [-0.3, -0.25) is 4.79 Å². The standard InChI is InChI=1S/C18H22N4O/c1-12-6-7-15(13(2)10-12)21-18(23)16-11-17(20-14(3)19-16)22-8-4-5-9-22/h6-7,10-11H,4-5,8-9H2,1-3H3,(H,21,23). The molecule has 0 aliphatic carbocycles. The molecule has 0 atom stereocenters. The van der Waals surface area contributed by atoms with Crippen LogP contribution in [-0.4, -0.2) is 29.0 Å². The smallest absolute Gasteiger partial charge is 0.274 e. The van der Waals surface area contributed by atoms with Crippen LogP contribution in [0.1, 0.15) is 40.3 Å². The second-order valence-corrected chi connectivity index (χ2v) is 6.13. The van der Waals surface area contributed by atoms with Crippen LogP contribution in [0.25, 0.3) is 0 Å². The molecule has 1 aromatic carbocycles. The topological polar surface area (TPSA) is 58.1 Å². The summed E-state index contributed by atoms with van der Waals surface area (Å²) in [6.07, 6.45) is 2.35. The van der Waals surface area contributed by atoms with Crippen LogP contribution in [0.3, 0.4) is 0 Å². The number of nitrogens with one attached hydrogen (secondary N) is 1. The Bertz CT molecular complexity index is 736. The molecule has 5 heteroatoms. The Morgan fingerprint density at radius 3 is 2.52 bits per heavy atom. The first kappa shape index (κ1) is 15.5. The summed E-state index contributed by atoms with van der Waals surface area (Å²) in [5, 5.41) is 2.95. The number of nitrogens with zero attached hydrogens (tertiary/aromatic N) is 3. The maximum Gasteiger partial charge on any atom is 0.274 e. The van der Waals surface area contributed by atoms with Gasteiger partial charge in [0.05, 0.1) is 0 Å². The highest BCUT2D eigenvalue weighted by molar-refractivity contribution is 6.03. The third kappa shape index (κ3) is 3.50. The molecule has 3 rings (SSSR count). The van der Waals surface area contributed by atoms with E-state index in [1.54, 1.807) is 6.07 Å². The molecule has 5 nitrogen and oxygen atoms in total. The first-order chi connectivity index (χ1) is 11.0. The van der Waals surface area contributed by atoms with E-state index in [1.807, 2.05) is 32.9 Å². The van der Waals surface area contributed by atoms with E-state index in [9.17, 15) is 4.79 Å². The molecule has 0 bridgehead atoms. The summed E-state index contributed by atoms with van der Waals surface area (Å²) in [5.41, 5.74) is 3.46. The lowest BCUT2D eigenvalue weighted by molar-refractivity contribution is 0.102. The fourth-order valence-corrected chi connectivity index (χ4v) is 2.92. The fourth-order valence-electron chi connectivity index (χ4n) is 2.92. The van der Waals surface area contributed by atoms with Gasteiger partial charge in [-0.1, -0.05) is 17.7 Å². The van der Waals surface area contributed by atoms with Crippen LogP contribution in [0.2, 0.25) is 0 Å². The van der Waals surface area contributed by atoms with Crippen molar-refractivity contribution in [2.45, 2.75) is 33.6 Å². The van der Waals surface area contributed by atoms with Crippen molar-refractivity contribution < 1.29 is 4.79 Å². The number of carbonyl (C=O) groups excluding carboxylic acids is 1. The highest BCUT2D eigenvalue weighted by Gasteiger charge is 2.17. The van der Waals surface area contributed by atoms with Gasteiger partial charge < -0.3 is 10.2 Å². The molecule has 1 N–H and O–H groups in total. The van der Waals surface area contributed by atoms with Gasteiger partial charge in [0.2, 0.25) is 0 Å². The van der Waals surface area contributed by atoms with Crippen LogP contribution < -0.4 is 10.2 Å². The van der Waals surface area contributed by atoms with Crippen molar-refractivity contribution >= 4 is 17.4 Å². The summed E-state index contributed by atoms with van der Waals surface area (Å²) in [5.74, 6) is 1.28. The molecular formula is C18H22N4O. The van der Waals surface area contributed by atoms with Gasteiger partial charge in [0.1, 0.15) is 17.3 Å². The number of aromatic nitrogens is 2. The maximum atomic E-state index is 12.6. The summed E-state index contributed by atoms with van der Waals surface area (Å²) < 4.78 is 0. The Labute approximate surface area is 136 Å². The molecule has 1 amide bonds. The number of carbonyl (C=O) groups is 1. The fraction of sp³-hybridized carbons (Fsp3) is 0.389. The summed E-state index contributed by atoms with van der Waals surface area (Å²) in [6.45, 7) is 7.84. The Kier molecular flexibility index (Phi) is 4.28. The van der Waals surface area contributed by atoms with Gasteiger partial charge in [-0.25, -0.2) is 9.97 Å². The number of hydrogen-bond donors (Lipinski definition) is 1. The van der Waals surface area contributed by atoms with Gasteiger partial charge in [0, 0.05) is 24.8 Å². The lowest BCUT2D eigenvalue weighted by Crippen LogP contribution is -2.22. The number of aryl methyl sites for hydroxylation is 3. The Morgan fingerprint density at radius 2 is 1.83 bits per heavy atom. The molecule has 1 saturated heterocycles. The second kappa shape index (κ2) is 6.36. The van der Waals surface area contributed by atoms with Gasteiger partial charge in [-0.2, -0.15) is 0 Å². The van der Waals surface area contributed by atoms with Crippen LogP contribution in [-0.2, 0) is 0 Å². The molecule has 2 aromatic rings. The van der Waals surface area contributed by atoms with Gasteiger partial charge in [-0.15, -0.1) is 0 Å². The molecule has 1 aliphatic heterocycles. The van der Waals surface area contributed by atoms with Gasteiger partial charge >= 0.3 is 0 Å². The number of amides is 1. The van der Waals surface area contributed by atoms with E-state index < -0.39 is 0 Å². The third-order valence-corrected chi connectivity index (χ3v) is 4.12. The first-order valence-corrected chi connectivity index (χ1v) is 8.02. The van der Waals surface area contributed by atoms with Gasteiger partial charge in [-0.05, 0) is 45.2 Å². The molecule has 120 valence electrons. The van der Waals surface area contributed by atoms with Gasteiger partial charge in [0.15, 0.2) is 0 Å². The minimum atomic E-state index is -0.192. The number of hydrogen-bond acceptors (Lipinski definition) is 4. The van der Waals surface area contributed by atoms with Crippen molar-refractivity contribution in [2.24, 2.45) is 0 Å². The zero-order valence-electron chi connectivity index (χ0n) is 13.9. The Hall–Kier alpha value is -2.43. The van der Waals surface area contributed by atoms with Crippen LogP contribution in [0.4, 0.5) is 11.5 Å². The van der Waals surface area contributed by atoms with Gasteiger partial charge in [0.25, 0.3) is 5.91 Å². The normalized spacial score (nSPS) is 14.1. The van der Waals surface area contributed by atoms with Crippen LogP contribution >= 0.6 is 0 Å². The SMILES string of the molecule is Cc1ccc(NC(=O)c2cc(N3CCCC3)nc(C)n2)c(C)c1. The van der Waals surface area contributed by atoms with E-state index in [2.05, 4.69) is 26.3 Å². The lowest BCUT2D eigenvalue weighted by Gasteiger charge is -2.17. The van der Waals surface area contributed by atoms with Crippen LogP contribution in [0, 0.1) is 20.8 Å². The van der Waals surface area contributed by atoms with E-state index >= 15 is 0 Å². The lowest BCUT2D eigenvalue weighted by atomic mass is 10.1. The summed E-state index contributed by atoms with van der Waals surface area (Å²) >= 11 is 0. The van der Waals surface area contributed by atoms with E-state index in [1.165, 1.54) is 18.4 Å².